The number of allylic oxidation sites excluding steroid dienone is 1. The zero-order valence-electron chi connectivity index (χ0n) is 10.9. The van der Waals surface area contributed by atoms with Crippen LogP contribution in [-0.4, -0.2) is 24.6 Å². The van der Waals surface area contributed by atoms with E-state index in [-0.39, 0.29) is 17.3 Å². The molecule has 0 bridgehead atoms. The van der Waals surface area contributed by atoms with Crippen LogP contribution < -0.4 is 0 Å². The summed E-state index contributed by atoms with van der Waals surface area (Å²) in [5, 5.41) is 0. The standard InChI is InChI=1S/C14H20O3/c1-13(2,3)12-6-8-14(17-12)7-5-10(15)11(9-14)16-4/h5,7,9,12H,6,8H2,1-4H3/t12-,14?/m1/s1. The third-order valence-electron chi connectivity index (χ3n) is 3.48. The molecule has 1 saturated heterocycles. The van der Waals surface area contributed by atoms with Gasteiger partial charge in [-0.25, -0.2) is 0 Å². The molecule has 1 fully saturated rings. The molecule has 1 unspecified atom stereocenters. The van der Waals surface area contributed by atoms with E-state index in [1.54, 1.807) is 6.08 Å². The van der Waals surface area contributed by atoms with E-state index < -0.39 is 5.60 Å². The lowest BCUT2D eigenvalue weighted by Gasteiger charge is -2.31. The van der Waals surface area contributed by atoms with Crippen molar-refractivity contribution in [3.8, 4) is 0 Å². The molecular weight excluding hydrogens is 216 g/mol. The summed E-state index contributed by atoms with van der Waals surface area (Å²) in [5.41, 5.74) is -0.308. The molecule has 0 aromatic rings. The lowest BCUT2D eigenvalue weighted by Crippen LogP contribution is -2.33. The zero-order chi connectivity index (χ0) is 12.7. The second-order valence-corrected chi connectivity index (χ2v) is 5.88. The van der Waals surface area contributed by atoms with Crippen LogP contribution in [0.4, 0.5) is 0 Å². The van der Waals surface area contributed by atoms with E-state index in [1.807, 2.05) is 12.2 Å². The second kappa shape index (κ2) is 3.98. The molecule has 0 aromatic carbocycles. The second-order valence-electron chi connectivity index (χ2n) is 5.88. The molecule has 94 valence electrons. The molecule has 0 amide bonds. The van der Waals surface area contributed by atoms with E-state index in [1.165, 1.54) is 7.11 Å². The summed E-state index contributed by atoms with van der Waals surface area (Å²) in [6.45, 7) is 6.53. The summed E-state index contributed by atoms with van der Waals surface area (Å²) in [5.74, 6) is 0.308. The highest BCUT2D eigenvalue weighted by Gasteiger charge is 2.43. The fourth-order valence-corrected chi connectivity index (χ4v) is 2.38. The Balaban J connectivity index is 2.21. The molecule has 2 aliphatic rings. The van der Waals surface area contributed by atoms with Crippen LogP contribution in [0.5, 0.6) is 0 Å². The fourth-order valence-electron chi connectivity index (χ4n) is 2.38. The van der Waals surface area contributed by atoms with Gasteiger partial charge in [0.15, 0.2) is 5.76 Å². The molecule has 0 radical (unpaired) electrons. The zero-order valence-corrected chi connectivity index (χ0v) is 10.9. The first-order chi connectivity index (χ1) is 7.86. The lowest BCUT2D eigenvalue weighted by atomic mass is 9.86. The fraction of sp³-hybridized carbons (Fsp3) is 0.643. The largest absolute Gasteiger partial charge is 0.493 e. The summed E-state index contributed by atoms with van der Waals surface area (Å²) in [6, 6.07) is 0. The molecule has 0 aromatic heterocycles. The Bertz CT molecular complexity index is 387. The van der Waals surface area contributed by atoms with Gasteiger partial charge in [0.1, 0.15) is 5.60 Å². The van der Waals surface area contributed by atoms with Crippen molar-refractivity contribution in [1.29, 1.82) is 0 Å². The van der Waals surface area contributed by atoms with Gasteiger partial charge >= 0.3 is 0 Å². The van der Waals surface area contributed by atoms with Crippen molar-refractivity contribution >= 4 is 5.78 Å². The normalized spacial score (nSPS) is 33.1. The van der Waals surface area contributed by atoms with E-state index in [0.717, 1.165) is 12.8 Å². The third kappa shape index (κ3) is 2.29. The summed E-state index contributed by atoms with van der Waals surface area (Å²) in [6.07, 6.45) is 7.38. The number of carbonyl (C=O) groups is 1. The van der Waals surface area contributed by atoms with Gasteiger partial charge in [0.2, 0.25) is 5.78 Å². The average molecular weight is 236 g/mol. The van der Waals surface area contributed by atoms with Crippen LogP contribution in [0.3, 0.4) is 0 Å². The first-order valence-electron chi connectivity index (χ1n) is 6.04. The van der Waals surface area contributed by atoms with E-state index in [0.29, 0.717) is 5.76 Å². The van der Waals surface area contributed by atoms with Gasteiger partial charge < -0.3 is 9.47 Å². The average Bonchev–Trinajstić information content (AvgIpc) is 2.66. The van der Waals surface area contributed by atoms with Gasteiger partial charge in [-0.2, -0.15) is 0 Å². The summed E-state index contributed by atoms with van der Waals surface area (Å²) in [7, 11) is 1.52. The topological polar surface area (TPSA) is 35.5 Å². The smallest absolute Gasteiger partial charge is 0.219 e. The van der Waals surface area contributed by atoms with Crippen molar-refractivity contribution in [2.24, 2.45) is 5.41 Å². The summed E-state index contributed by atoms with van der Waals surface area (Å²) < 4.78 is 11.2. The molecular formula is C14H20O3. The maximum Gasteiger partial charge on any atom is 0.219 e. The quantitative estimate of drug-likeness (QED) is 0.702. The van der Waals surface area contributed by atoms with Crippen LogP contribution in [0.15, 0.2) is 24.0 Å². The molecule has 17 heavy (non-hydrogen) atoms. The number of methoxy groups -OCH3 is 1. The predicted octanol–water partition coefficient (Wildman–Crippen LogP) is 2.62. The Morgan fingerprint density at radius 3 is 2.71 bits per heavy atom. The monoisotopic (exact) mass is 236 g/mol. The minimum absolute atomic E-state index is 0.0825. The first kappa shape index (κ1) is 12.4. The molecule has 1 aliphatic heterocycles. The molecule has 3 nitrogen and oxygen atoms in total. The van der Waals surface area contributed by atoms with Crippen LogP contribution in [0.2, 0.25) is 0 Å². The molecule has 0 saturated carbocycles. The number of rotatable bonds is 1. The van der Waals surface area contributed by atoms with Crippen LogP contribution in [0.25, 0.3) is 0 Å². The van der Waals surface area contributed by atoms with Crippen molar-refractivity contribution in [2.75, 3.05) is 7.11 Å². The van der Waals surface area contributed by atoms with Gasteiger partial charge in [-0.05, 0) is 36.5 Å². The Labute approximate surface area is 102 Å². The van der Waals surface area contributed by atoms with Gasteiger partial charge in [0.25, 0.3) is 0 Å². The molecule has 3 heteroatoms. The number of ether oxygens (including phenoxy) is 2. The SMILES string of the molecule is COC1=CC2(C=CC1=O)CC[C@H](C(C)(C)C)O2. The van der Waals surface area contributed by atoms with Crippen LogP contribution in [0, 0.1) is 5.41 Å². The highest BCUT2D eigenvalue weighted by Crippen LogP contribution is 2.42. The van der Waals surface area contributed by atoms with E-state index in [9.17, 15) is 4.79 Å². The Morgan fingerprint density at radius 1 is 1.47 bits per heavy atom. The van der Waals surface area contributed by atoms with Gasteiger partial charge in [-0.1, -0.05) is 20.8 Å². The van der Waals surface area contributed by atoms with Gasteiger partial charge in [-0.15, -0.1) is 0 Å². The van der Waals surface area contributed by atoms with Gasteiger partial charge in [0, 0.05) is 0 Å². The van der Waals surface area contributed by atoms with Gasteiger partial charge in [0.05, 0.1) is 13.2 Å². The van der Waals surface area contributed by atoms with Crippen LogP contribution >= 0.6 is 0 Å². The predicted molar refractivity (Wildman–Crippen MR) is 65.5 cm³/mol. The third-order valence-corrected chi connectivity index (χ3v) is 3.48. The number of hydrogen-bond acceptors (Lipinski definition) is 3. The summed E-state index contributed by atoms with van der Waals surface area (Å²) >= 11 is 0. The number of hydrogen-bond donors (Lipinski definition) is 0. The van der Waals surface area contributed by atoms with Gasteiger partial charge in [-0.3, -0.25) is 4.79 Å². The molecule has 2 rings (SSSR count). The van der Waals surface area contributed by atoms with E-state index in [4.69, 9.17) is 9.47 Å². The Hall–Kier alpha value is -1.09. The minimum atomic E-state index is -0.433. The molecule has 1 heterocycles. The van der Waals surface area contributed by atoms with Crippen molar-refractivity contribution in [3.63, 3.8) is 0 Å². The lowest BCUT2D eigenvalue weighted by molar-refractivity contribution is -0.115. The first-order valence-corrected chi connectivity index (χ1v) is 6.04. The maximum atomic E-state index is 11.5. The van der Waals surface area contributed by atoms with Crippen LogP contribution in [-0.2, 0) is 14.3 Å². The number of ketones is 1. The van der Waals surface area contributed by atoms with E-state index >= 15 is 0 Å². The molecule has 0 N–H and O–H groups in total. The van der Waals surface area contributed by atoms with Crippen LogP contribution in [0.1, 0.15) is 33.6 Å². The molecule has 1 aliphatic carbocycles. The van der Waals surface area contributed by atoms with Crippen molar-refractivity contribution in [2.45, 2.75) is 45.3 Å². The molecule has 1 spiro atoms. The van der Waals surface area contributed by atoms with Crippen molar-refractivity contribution in [3.05, 3.63) is 24.0 Å². The highest BCUT2D eigenvalue weighted by molar-refractivity contribution is 6.03. The highest BCUT2D eigenvalue weighted by atomic mass is 16.5. The van der Waals surface area contributed by atoms with Crippen molar-refractivity contribution < 1.29 is 14.3 Å². The Kier molecular flexibility index (Phi) is 2.90. The van der Waals surface area contributed by atoms with Crippen molar-refractivity contribution in [1.82, 2.24) is 0 Å². The number of carbonyl (C=O) groups excluding carboxylic acids is 1. The maximum absolute atomic E-state index is 11.5. The molecule has 2 atom stereocenters. The van der Waals surface area contributed by atoms with E-state index in [2.05, 4.69) is 20.8 Å². The minimum Gasteiger partial charge on any atom is -0.493 e. The summed E-state index contributed by atoms with van der Waals surface area (Å²) in [4.78, 5) is 11.5. The Morgan fingerprint density at radius 2 is 2.18 bits per heavy atom.